The summed E-state index contributed by atoms with van der Waals surface area (Å²) in [5, 5.41) is 3.14. The van der Waals surface area contributed by atoms with Crippen LogP contribution in [0.5, 0.6) is 11.5 Å². The monoisotopic (exact) mass is 415 g/mol. The average molecular weight is 415 g/mol. The number of carbonyl (C=O) groups excluding carboxylic acids is 1. The standard InChI is InChI=1S/C25H25N3O3/c1-16-22(30-2)14-18(15-23(16)31-3)25(29)28-21(13-17-9-5-4-6-10-17)24-26-19-11-7-8-12-20(19)27-24/h4-12,14-15,21H,13H2,1-3H3,(H,26,27)(H,28,29)/t21-/m0/s1. The number of H-pyrrole nitrogens is 1. The van der Waals surface area contributed by atoms with Crippen LogP contribution >= 0.6 is 0 Å². The van der Waals surface area contributed by atoms with E-state index in [-0.39, 0.29) is 11.9 Å². The number of para-hydroxylation sites is 2. The molecule has 1 aromatic heterocycles. The number of rotatable bonds is 7. The van der Waals surface area contributed by atoms with Crippen LogP contribution in [0.4, 0.5) is 0 Å². The van der Waals surface area contributed by atoms with Gasteiger partial charge in [-0.2, -0.15) is 0 Å². The second-order valence-electron chi connectivity index (χ2n) is 7.36. The van der Waals surface area contributed by atoms with Crippen molar-refractivity contribution in [2.75, 3.05) is 14.2 Å². The summed E-state index contributed by atoms with van der Waals surface area (Å²) in [6.45, 7) is 1.89. The molecule has 4 rings (SSSR count). The molecular formula is C25H25N3O3. The van der Waals surface area contributed by atoms with Crippen LogP contribution in [0.1, 0.15) is 33.4 Å². The summed E-state index contributed by atoms with van der Waals surface area (Å²) in [6.07, 6.45) is 0.604. The summed E-state index contributed by atoms with van der Waals surface area (Å²) in [4.78, 5) is 21.3. The van der Waals surface area contributed by atoms with E-state index in [9.17, 15) is 4.79 Å². The minimum Gasteiger partial charge on any atom is -0.496 e. The van der Waals surface area contributed by atoms with E-state index in [2.05, 4.69) is 10.3 Å². The molecule has 0 unspecified atom stereocenters. The van der Waals surface area contributed by atoms with Gasteiger partial charge in [-0.1, -0.05) is 42.5 Å². The summed E-state index contributed by atoms with van der Waals surface area (Å²) in [5.74, 6) is 1.70. The number of hydrogen-bond donors (Lipinski definition) is 2. The topological polar surface area (TPSA) is 76.2 Å². The van der Waals surface area contributed by atoms with Gasteiger partial charge in [-0.15, -0.1) is 0 Å². The molecule has 31 heavy (non-hydrogen) atoms. The molecule has 1 atom stereocenters. The molecular weight excluding hydrogens is 390 g/mol. The molecule has 1 amide bonds. The molecule has 6 heteroatoms. The third-order valence-corrected chi connectivity index (χ3v) is 5.34. The molecule has 0 saturated heterocycles. The number of nitrogens with one attached hydrogen (secondary N) is 2. The number of hydrogen-bond acceptors (Lipinski definition) is 4. The number of amides is 1. The van der Waals surface area contributed by atoms with Gasteiger partial charge in [0, 0.05) is 11.1 Å². The molecule has 1 heterocycles. The van der Waals surface area contributed by atoms with E-state index < -0.39 is 0 Å². The number of aromatic amines is 1. The van der Waals surface area contributed by atoms with Gasteiger partial charge in [-0.3, -0.25) is 4.79 Å². The minimum atomic E-state index is -0.333. The van der Waals surface area contributed by atoms with Crippen LogP contribution in [-0.2, 0) is 6.42 Å². The number of imidazole rings is 1. The Balaban J connectivity index is 1.68. The highest BCUT2D eigenvalue weighted by atomic mass is 16.5. The van der Waals surface area contributed by atoms with Crippen molar-refractivity contribution in [1.82, 2.24) is 15.3 Å². The first-order valence-electron chi connectivity index (χ1n) is 10.1. The molecule has 0 saturated carbocycles. The van der Waals surface area contributed by atoms with Gasteiger partial charge in [-0.05, 0) is 43.2 Å². The molecule has 0 aliphatic carbocycles. The molecule has 3 aromatic carbocycles. The van der Waals surface area contributed by atoms with Crippen LogP contribution in [0.2, 0.25) is 0 Å². The second-order valence-corrected chi connectivity index (χ2v) is 7.36. The van der Waals surface area contributed by atoms with E-state index in [1.807, 2.05) is 61.5 Å². The van der Waals surface area contributed by atoms with Crippen molar-refractivity contribution in [3.05, 3.63) is 89.2 Å². The molecule has 0 bridgehead atoms. The summed E-state index contributed by atoms with van der Waals surface area (Å²) in [5.41, 5.74) is 4.22. The van der Waals surface area contributed by atoms with Crippen LogP contribution in [0.3, 0.4) is 0 Å². The maximum atomic E-state index is 13.2. The van der Waals surface area contributed by atoms with Crippen LogP contribution < -0.4 is 14.8 Å². The number of methoxy groups -OCH3 is 2. The van der Waals surface area contributed by atoms with Crippen molar-refractivity contribution >= 4 is 16.9 Å². The van der Waals surface area contributed by atoms with Gasteiger partial charge in [0.2, 0.25) is 0 Å². The zero-order valence-electron chi connectivity index (χ0n) is 17.8. The maximum Gasteiger partial charge on any atom is 0.252 e. The van der Waals surface area contributed by atoms with E-state index in [0.29, 0.717) is 29.3 Å². The molecule has 158 valence electrons. The minimum absolute atomic E-state index is 0.224. The fourth-order valence-electron chi connectivity index (χ4n) is 3.66. The lowest BCUT2D eigenvalue weighted by atomic mass is 10.0. The van der Waals surface area contributed by atoms with E-state index in [1.165, 1.54) is 0 Å². The molecule has 2 N–H and O–H groups in total. The van der Waals surface area contributed by atoms with E-state index in [1.54, 1.807) is 26.4 Å². The zero-order chi connectivity index (χ0) is 21.8. The molecule has 6 nitrogen and oxygen atoms in total. The van der Waals surface area contributed by atoms with Crippen molar-refractivity contribution in [2.24, 2.45) is 0 Å². The van der Waals surface area contributed by atoms with Crippen LogP contribution in [0, 0.1) is 6.92 Å². The molecule has 0 aliphatic heterocycles. The first-order chi connectivity index (χ1) is 15.1. The normalized spacial score (nSPS) is 11.8. The number of nitrogens with zero attached hydrogens (tertiary/aromatic N) is 1. The van der Waals surface area contributed by atoms with E-state index in [0.717, 1.165) is 22.2 Å². The number of aromatic nitrogens is 2. The van der Waals surface area contributed by atoms with Gasteiger partial charge in [0.1, 0.15) is 17.3 Å². The largest absolute Gasteiger partial charge is 0.496 e. The summed E-state index contributed by atoms with van der Waals surface area (Å²) < 4.78 is 10.8. The van der Waals surface area contributed by atoms with Gasteiger partial charge < -0.3 is 19.8 Å². The number of ether oxygens (including phenoxy) is 2. The first kappa shape index (κ1) is 20.5. The average Bonchev–Trinajstić information content (AvgIpc) is 3.23. The van der Waals surface area contributed by atoms with Crippen molar-refractivity contribution in [2.45, 2.75) is 19.4 Å². The van der Waals surface area contributed by atoms with Crippen molar-refractivity contribution < 1.29 is 14.3 Å². The quantitative estimate of drug-likeness (QED) is 0.462. The Labute approximate surface area is 181 Å². The zero-order valence-corrected chi connectivity index (χ0v) is 17.8. The first-order valence-corrected chi connectivity index (χ1v) is 10.1. The Bertz CT molecular complexity index is 1140. The van der Waals surface area contributed by atoms with Gasteiger partial charge >= 0.3 is 0 Å². The van der Waals surface area contributed by atoms with Crippen LogP contribution in [0.15, 0.2) is 66.7 Å². The predicted octanol–water partition coefficient (Wildman–Crippen LogP) is 4.60. The van der Waals surface area contributed by atoms with Gasteiger partial charge in [-0.25, -0.2) is 4.98 Å². The lowest BCUT2D eigenvalue weighted by Crippen LogP contribution is -2.30. The Kier molecular flexibility index (Phi) is 5.89. The van der Waals surface area contributed by atoms with Gasteiger partial charge in [0.05, 0.1) is 31.3 Å². The van der Waals surface area contributed by atoms with Crippen molar-refractivity contribution in [3.8, 4) is 11.5 Å². The third kappa shape index (κ3) is 4.38. The Morgan fingerprint density at radius 1 is 1.00 bits per heavy atom. The lowest BCUT2D eigenvalue weighted by molar-refractivity contribution is 0.0934. The fourth-order valence-corrected chi connectivity index (χ4v) is 3.66. The number of fused-ring (bicyclic) bond motifs is 1. The summed E-state index contributed by atoms with van der Waals surface area (Å²) >= 11 is 0. The maximum absolute atomic E-state index is 13.2. The molecule has 4 aromatic rings. The Morgan fingerprint density at radius 3 is 2.29 bits per heavy atom. The third-order valence-electron chi connectivity index (χ3n) is 5.34. The SMILES string of the molecule is COc1cc(C(=O)N[C@@H](Cc2ccccc2)c2nc3ccccc3[nH]2)cc(OC)c1C. The van der Waals surface area contributed by atoms with Crippen molar-refractivity contribution in [3.63, 3.8) is 0 Å². The lowest BCUT2D eigenvalue weighted by Gasteiger charge is -2.18. The van der Waals surface area contributed by atoms with E-state index in [4.69, 9.17) is 14.5 Å². The number of benzene rings is 3. The smallest absolute Gasteiger partial charge is 0.252 e. The second kappa shape index (κ2) is 8.92. The van der Waals surface area contributed by atoms with Crippen LogP contribution in [-0.4, -0.2) is 30.1 Å². The molecule has 0 aliphatic rings. The molecule has 0 radical (unpaired) electrons. The highest BCUT2D eigenvalue weighted by Crippen LogP contribution is 2.30. The Hall–Kier alpha value is -3.80. The summed E-state index contributed by atoms with van der Waals surface area (Å²) in [6, 6.07) is 21.0. The predicted molar refractivity (Wildman–Crippen MR) is 121 cm³/mol. The molecule has 0 fully saturated rings. The highest BCUT2D eigenvalue weighted by Gasteiger charge is 2.21. The summed E-state index contributed by atoms with van der Waals surface area (Å²) in [7, 11) is 3.16. The van der Waals surface area contributed by atoms with Crippen LogP contribution in [0.25, 0.3) is 11.0 Å². The molecule has 0 spiro atoms. The fraction of sp³-hybridized carbons (Fsp3) is 0.200. The van der Waals surface area contributed by atoms with Gasteiger partial charge in [0.25, 0.3) is 5.91 Å². The van der Waals surface area contributed by atoms with Crippen molar-refractivity contribution in [1.29, 1.82) is 0 Å². The van der Waals surface area contributed by atoms with Gasteiger partial charge in [0.15, 0.2) is 0 Å². The Morgan fingerprint density at radius 2 is 1.65 bits per heavy atom. The van der Waals surface area contributed by atoms with E-state index >= 15 is 0 Å². The highest BCUT2D eigenvalue weighted by molar-refractivity contribution is 5.95. The number of carbonyl (C=O) groups is 1.